The molecule has 0 atom stereocenters. The molecule has 0 aliphatic rings. The number of furan rings is 1. The van der Waals surface area contributed by atoms with Crippen molar-refractivity contribution in [2.75, 3.05) is 26.4 Å². The van der Waals surface area contributed by atoms with Crippen LogP contribution in [0.4, 0.5) is 0 Å². The van der Waals surface area contributed by atoms with Gasteiger partial charge in [-0.15, -0.1) is 0 Å². The van der Waals surface area contributed by atoms with Crippen LogP contribution >= 0.6 is 0 Å². The first kappa shape index (κ1) is 13.2. The van der Waals surface area contributed by atoms with Crippen LogP contribution in [-0.2, 0) is 16.6 Å². The third-order valence-corrected chi connectivity index (χ3v) is 4.24. The molecular formula is C10H18N2O3S. The first-order valence-electron chi connectivity index (χ1n) is 5.09. The summed E-state index contributed by atoms with van der Waals surface area (Å²) in [4.78, 5) is 0. The van der Waals surface area contributed by atoms with E-state index in [9.17, 15) is 8.42 Å². The zero-order chi connectivity index (χ0) is 12.2. The van der Waals surface area contributed by atoms with Crippen LogP contribution in [0.1, 0.15) is 11.3 Å². The van der Waals surface area contributed by atoms with Gasteiger partial charge in [-0.1, -0.05) is 0 Å². The predicted molar refractivity (Wildman–Crippen MR) is 62.6 cm³/mol. The van der Waals surface area contributed by atoms with Crippen LogP contribution in [0.25, 0.3) is 0 Å². The van der Waals surface area contributed by atoms with Gasteiger partial charge in [-0.3, -0.25) is 0 Å². The van der Waals surface area contributed by atoms with E-state index in [4.69, 9.17) is 4.42 Å². The Balaban J connectivity index is 2.65. The summed E-state index contributed by atoms with van der Waals surface area (Å²) in [6, 6.07) is 1.79. The summed E-state index contributed by atoms with van der Waals surface area (Å²) in [5.74, 6) is 0.868. The molecule has 5 nitrogen and oxygen atoms in total. The summed E-state index contributed by atoms with van der Waals surface area (Å²) in [5, 5.41) is 2.82. The lowest BCUT2D eigenvalue weighted by Crippen LogP contribution is -2.32. The minimum atomic E-state index is -3.19. The molecule has 1 rings (SSSR count). The molecule has 1 aromatic rings. The molecular weight excluding hydrogens is 228 g/mol. The van der Waals surface area contributed by atoms with E-state index in [1.54, 1.807) is 26.4 Å². The molecule has 0 radical (unpaired) electrons. The van der Waals surface area contributed by atoms with Crippen molar-refractivity contribution < 1.29 is 12.8 Å². The summed E-state index contributed by atoms with van der Waals surface area (Å²) >= 11 is 0. The zero-order valence-electron chi connectivity index (χ0n) is 9.86. The molecule has 6 heteroatoms. The average Bonchev–Trinajstić information content (AvgIpc) is 2.61. The van der Waals surface area contributed by atoms with E-state index >= 15 is 0 Å². The summed E-state index contributed by atoms with van der Waals surface area (Å²) in [6.07, 6.45) is 1.57. The monoisotopic (exact) mass is 246 g/mol. The Morgan fingerprint density at radius 2 is 2.19 bits per heavy atom. The molecule has 92 valence electrons. The van der Waals surface area contributed by atoms with Gasteiger partial charge in [0, 0.05) is 25.7 Å². The number of aryl methyl sites for hydroxylation is 1. The molecule has 0 fully saturated rings. The van der Waals surface area contributed by atoms with Gasteiger partial charge in [0.2, 0.25) is 10.0 Å². The van der Waals surface area contributed by atoms with E-state index in [2.05, 4.69) is 5.32 Å². The van der Waals surface area contributed by atoms with Gasteiger partial charge < -0.3 is 9.73 Å². The number of hydrogen-bond donors (Lipinski definition) is 1. The molecule has 0 unspecified atom stereocenters. The topological polar surface area (TPSA) is 62.6 Å². The third-order valence-electron chi connectivity index (χ3n) is 2.44. The third kappa shape index (κ3) is 3.33. The minimum Gasteiger partial charge on any atom is -0.469 e. The zero-order valence-corrected chi connectivity index (χ0v) is 10.7. The number of hydrogen-bond acceptors (Lipinski definition) is 4. The fourth-order valence-corrected chi connectivity index (χ4v) is 2.41. The van der Waals surface area contributed by atoms with Gasteiger partial charge in [-0.2, -0.15) is 0 Å². The van der Waals surface area contributed by atoms with E-state index in [0.29, 0.717) is 13.1 Å². The number of nitrogens with one attached hydrogen (secondary N) is 1. The van der Waals surface area contributed by atoms with Gasteiger partial charge in [0.05, 0.1) is 12.0 Å². The van der Waals surface area contributed by atoms with Gasteiger partial charge in [0.25, 0.3) is 0 Å². The Labute approximate surface area is 96.5 Å². The largest absolute Gasteiger partial charge is 0.469 e. The molecule has 0 aliphatic carbocycles. The highest BCUT2D eigenvalue weighted by atomic mass is 32.2. The van der Waals surface area contributed by atoms with E-state index in [0.717, 1.165) is 11.3 Å². The molecule has 0 aliphatic heterocycles. The van der Waals surface area contributed by atoms with Crippen LogP contribution in [0.2, 0.25) is 0 Å². The second kappa shape index (κ2) is 5.47. The van der Waals surface area contributed by atoms with Crippen molar-refractivity contribution in [1.82, 2.24) is 9.62 Å². The maximum absolute atomic E-state index is 11.8. The summed E-state index contributed by atoms with van der Waals surface area (Å²) in [7, 11) is 0.127. The number of rotatable bonds is 6. The molecule has 0 bridgehead atoms. The van der Waals surface area contributed by atoms with Crippen LogP contribution in [0.15, 0.2) is 16.7 Å². The normalized spacial score (nSPS) is 12.2. The van der Waals surface area contributed by atoms with Crippen LogP contribution in [0.5, 0.6) is 0 Å². The van der Waals surface area contributed by atoms with Gasteiger partial charge in [0.1, 0.15) is 5.76 Å². The second-order valence-electron chi connectivity index (χ2n) is 3.68. The molecule has 16 heavy (non-hydrogen) atoms. The Bertz CT molecular complexity index is 425. The fraction of sp³-hybridized carbons (Fsp3) is 0.600. The first-order chi connectivity index (χ1) is 7.47. The second-order valence-corrected chi connectivity index (χ2v) is 5.87. The lowest BCUT2D eigenvalue weighted by molar-refractivity contribution is 0.458. The highest BCUT2D eigenvalue weighted by Crippen LogP contribution is 2.13. The van der Waals surface area contributed by atoms with Crippen molar-refractivity contribution in [3.63, 3.8) is 0 Å². The molecule has 1 heterocycles. The summed E-state index contributed by atoms with van der Waals surface area (Å²) < 4.78 is 30.0. The first-order valence-corrected chi connectivity index (χ1v) is 6.70. The van der Waals surface area contributed by atoms with Gasteiger partial charge >= 0.3 is 0 Å². The smallest absolute Gasteiger partial charge is 0.215 e. The molecule has 0 aromatic carbocycles. The van der Waals surface area contributed by atoms with Crippen molar-refractivity contribution in [3.8, 4) is 0 Å². The molecule has 1 N–H and O–H groups in total. The molecule has 0 saturated heterocycles. The van der Waals surface area contributed by atoms with E-state index in [1.807, 2.05) is 6.92 Å². The van der Waals surface area contributed by atoms with Crippen molar-refractivity contribution in [2.45, 2.75) is 13.5 Å². The molecule has 0 spiro atoms. The fourth-order valence-electron chi connectivity index (χ4n) is 1.30. The Morgan fingerprint density at radius 3 is 2.69 bits per heavy atom. The van der Waals surface area contributed by atoms with Crippen molar-refractivity contribution in [1.29, 1.82) is 0 Å². The van der Waals surface area contributed by atoms with Crippen molar-refractivity contribution in [3.05, 3.63) is 23.7 Å². The predicted octanol–water partition coefficient (Wildman–Crippen LogP) is 0.569. The maximum atomic E-state index is 11.8. The van der Waals surface area contributed by atoms with Crippen LogP contribution in [0.3, 0.4) is 0 Å². The van der Waals surface area contributed by atoms with E-state index in [-0.39, 0.29) is 5.75 Å². The van der Waals surface area contributed by atoms with Crippen molar-refractivity contribution in [2.24, 2.45) is 0 Å². The Hall–Kier alpha value is -0.850. The maximum Gasteiger partial charge on any atom is 0.215 e. The van der Waals surface area contributed by atoms with Crippen LogP contribution in [-0.4, -0.2) is 39.1 Å². The number of nitrogens with zero attached hydrogens (tertiary/aromatic N) is 1. The average molecular weight is 246 g/mol. The summed E-state index contributed by atoms with van der Waals surface area (Å²) in [5.41, 5.74) is 0.899. The Morgan fingerprint density at radius 1 is 1.50 bits per heavy atom. The SMILES string of the molecule is CNCCS(=O)(=O)N(C)Cc1ccoc1C. The van der Waals surface area contributed by atoms with E-state index < -0.39 is 10.0 Å². The van der Waals surface area contributed by atoms with Crippen LogP contribution in [0, 0.1) is 6.92 Å². The van der Waals surface area contributed by atoms with Gasteiger partial charge in [-0.05, 0) is 20.0 Å². The van der Waals surface area contributed by atoms with Crippen molar-refractivity contribution >= 4 is 10.0 Å². The minimum absolute atomic E-state index is 0.108. The lowest BCUT2D eigenvalue weighted by atomic mass is 10.3. The van der Waals surface area contributed by atoms with Crippen LogP contribution < -0.4 is 5.32 Å². The van der Waals surface area contributed by atoms with Gasteiger partial charge in [-0.25, -0.2) is 12.7 Å². The quantitative estimate of drug-likeness (QED) is 0.797. The summed E-state index contributed by atoms with van der Waals surface area (Å²) in [6.45, 7) is 2.63. The highest BCUT2D eigenvalue weighted by Gasteiger charge is 2.18. The van der Waals surface area contributed by atoms with Gasteiger partial charge in [0.15, 0.2) is 0 Å². The number of sulfonamides is 1. The highest BCUT2D eigenvalue weighted by molar-refractivity contribution is 7.89. The standard InChI is InChI=1S/C10H18N2O3S/c1-9-10(4-6-15-9)8-12(3)16(13,14)7-5-11-2/h4,6,11H,5,7-8H2,1-3H3. The van der Waals surface area contributed by atoms with E-state index in [1.165, 1.54) is 4.31 Å². The molecule has 0 saturated carbocycles. The molecule has 0 amide bonds. The Kier molecular flexibility index (Phi) is 4.52. The lowest BCUT2D eigenvalue weighted by Gasteiger charge is -2.16. The molecule has 1 aromatic heterocycles.